The zero-order valence-electron chi connectivity index (χ0n) is 14.5. The van der Waals surface area contributed by atoms with E-state index in [0.29, 0.717) is 26.2 Å². The van der Waals surface area contributed by atoms with E-state index in [1.54, 1.807) is 0 Å². The molecule has 2 N–H and O–H groups in total. The summed E-state index contributed by atoms with van der Waals surface area (Å²) in [5, 5.41) is 12.0. The number of piperazine rings is 1. The molecule has 0 aliphatic carbocycles. The van der Waals surface area contributed by atoms with Gasteiger partial charge in [0.15, 0.2) is 0 Å². The summed E-state index contributed by atoms with van der Waals surface area (Å²) >= 11 is 1.52. The van der Waals surface area contributed by atoms with Crippen LogP contribution >= 0.6 is 11.3 Å². The number of aliphatic carboxylic acids is 1. The number of carboxylic acids is 1. The monoisotopic (exact) mass is 375 g/mol. The van der Waals surface area contributed by atoms with E-state index in [1.807, 2.05) is 41.0 Å². The van der Waals surface area contributed by atoms with Crippen LogP contribution in [-0.2, 0) is 9.59 Å². The number of nitrogens with one attached hydrogen (secondary N) is 1. The van der Waals surface area contributed by atoms with E-state index in [1.165, 1.54) is 11.3 Å². The van der Waals surface area contributed by atoms with Gasteiger partial charge in [-0.1, -0.05) is 18.2 Å². The molecule has 7 nitrogen and oxygen atoms in total. The van der Waals surface area contributed by atoms with Crippen molar-refractivity contribution in [2.45, 2.75) is 6.92 Å². The van der Waals surface area contributed by atoms with Crippen LogP contribution in [0.4, 0.5) is 0 Å². The molecule has 1 aliphatic heterocycles. The molecule has 1 aromatic carbocycles. The standard InChI is InChI=1S/C18H21N3O4S/c1-12-13-4-2-3-5-14(13)26-17(12)18(25)21-8-6-20(7-9-21)11-15(22)19-10-16(23)24/h2-5H,6-11H2,1H3,(H,19,22)(H,23,24). The van der Waals surface area contributed by atoms with Gasteiger partial charge in [-0.2, -0.15) is 0 Å². The van der Waals surface area contributed by atoms with E-state index < -0.39 is 5.97 Å². The highest BCUT2D eigenvalue weighted by molar-refractivity contribution is 7.21. The van der Waals surface area contributed by atoms with Crippen LogP contribution in [-0.4, -0.2) is 72.0 Å². The summed E-state index contributed by atoms with van der Waals surface area (Å²) in [5.41, 5.74) is 1.02. The second-order valence-corrected chi connectivity index (χ2v) is 7.34. The van der Waals surface area contributed by atoms with Gasteiger partial charge in [0.05, 0.1) is 11.4 Å². The normalized spacial score (nSPS) is 15.2. The molecular formula is C18H21N3O4S. The Hall–Kier alpha value is -2.45. The summed E-state index contributed by atoms with van der Waals surface area (Å²) < 4.78 is 1.11. The van der Waals surface area contributed by atoms with Gasteiger partial charge < -0.3 is 15.3 Å². The lowest BCUT2D eigenvalue weighted by atomic mass is 10.1. The molecule has 0 radical (unpaired) electrons. The molecule has 1 aromatic heterocycles. The Labute approximate surface area is 155 Å². The fourth-order valence-corrected chi connectivity index (χ4v) is 4.24. The number of amides is 2. The summed E-state index contributed by atoms with van der Waals surface area (Å²) in [5.74, 6) is -1.33. The fraction of sp³-hybridized carbons (Fsp3) is 0.389. The van der Waals surface area contributed by atoms with Gasteiger partial charge in [-0.25, -0.2) is 0 Å². The lowest BCUT2D eigenvalue weighted by molar-refractivity contribution is -0.138. The maximum absolute atomic E-state index is 12.9. The molecule has 0 spiro atoms. The van der Waals surface area contributed by atoms with E-state index in [2.05, 4.69) is 5.32 Å². The Morgan fingerprint density at radius 2 is 1.85 bits per heavy atom. The number of benzene rings is 1. The first kappa shape index (κ1) is 18.3. The molecule has 138 valence electrons. The van der Waals surface area contributed by atoms with Crippen molar-refractivity contribution in [3.05, 3.63) is 34.7 Å². The van der Waals surface area contributed by atoms with E-state index >= 15 is 0 Å². The summed E-state index contributed by atoms with van der Waals surface area (Å²) in [4.78, 5) is 39.6. The van der Waals surface area contributed by atoms with Gasteiger partial charge in [0, 0.05) is 30.9 Å². The van der Waals surface area contributed by atoms with Crippen LogP contribution in [0, 0.1) is 6.92 Å². The molecule has 2 aromatic rings. The van der Waals surface area contributed by atoms with Gasteiger partial charge in [0.1, 0.15) is 6.54 Å². The molecular weight excluding hydrogens is 354 g/mol. The van der Waals surface area contributed by atoms with Crippen LogP contribution in [0.2, 0.25) is 0 Å². The summed E-state index contributed by atoms with van der Waals surface area (Å²) in [6.45, 7) is 4.05. The maximum atomic E-state index is 12.9. The van der Waals surface area contributed by atoms with Crippen molar-refractivity contribution in [1.82, 2.24) is 15.1 Å². The number of carbonyl (C=O) groups is 3. The molecule has 0 bridgehead atoms. The van der Waals surface area contributed by atoms with E-state index in [4.69, 9.17) is 5.11 Å². The number of fused-ring (bicyclic) bond motifs is 1. The third-order valence-electron chi connectivity index (χ3n) is 4.50. The maximum Gasteiger partial charge on any atom is 0.322 e. The van der Waals surface area contributed by atoms with Crippen LogP contribution in [0.15, 0.2) is 24.3 Å². The Morgan fingerprint density at radius 1 is 1.15 bits per heavy atom. The number of hydrogen-bond acceptors (Lipinski definition) is 5. The van der Waals surface area contributed by atoms with Crippen LogP contribution in [0.5, 0.6) is 0 Å². The van der Waals surface area contributed by atoms with E-state index in [9.17, 15) is 14.4 Å². The Bertz CT molecular complexity index is 840. The summed E-state index contributed by atoms with van der Waals surface area (Å²) in [6, 6.07) is 8.01. The van der Waals surface area contributed by atoms with Gasteiger partial charge in [-0.05, 0) is 23.9 Å². The highest BCUT2D eigenvalue weighted by Gasteiger charge is 2.26. The lowest BCUT2D eigenvalue weighted by Crippen LogP contribution is -2.51. The molecule has 8 heteroatoms. The molecule has 1 saturated heterocycles. The lowest BCUT2D eigenvalue weighted by Gasteiger charge is -2.34. The average molecular weight is 375 g/mol. The van der Waals surface area contributed by atoms with Gasteiger partial charge >= 0.3 is 5.97 Å². The predicted octanol–water partition coefficient (Wildman–Crippen LogP) is 1.17. The highest BCUT2D eigenvalue weighted by atomic mass is 32.1. The number of thiophene rings is 1. The molecule has 2 heterocycles. The fourth-order valence-electron chi connectivity index (χ4n) is 3.06. The quantitative estimate of drug-likeness (QED) is 0.819. The molecule has 1 fully saturated rings. The Morgan fingerprint density at radius 3 is 2.50 bits per heavy atom. The Balaban J connectivity index is 1.57. The third kappa shape index (κ3) is 4.03. The van der Waals surface area contributed by atoms with Crippen molar-refractivity contribution < 1.29 is 19.5 Å². The smallest absolute Gasteiger partial charge is 0.322 e. The van der Waals surface area contributed by atoms with Gasteiger partial charge in [0.25, 0.3) is 5.91 Å². The van der Waals surface area contributed by atoms with Gasteiger partial charge in [0.2, 0.25) is 5.91 Å². The van der Waals surface area contributed by atoms with E-state index in [0.717, 1.165) is 20.5 Å². The minimum absolute atomic E-state index is 0.0404. The van der Waals surface area contributed by atoms with Crippen LogP contribution < -0.4 is 5.32 Å². The second-order valence-electron chi connectivity index (χ2n) is 6.29. The largest absolute Gasteiger partial charge is 0.480 e. The first-order chi connectivity index (χ1) is 12.5. The number of nitrogens with zero attached hydrogens (tertiary/aromatic N) is 2. The van der Waals surface area contributed by atoms with Crippen molar-refractivity contribution >= 4 is 39.2 Å². The van der Waals surface area contributed by atoms with Crippen molar-refractivity contribution in [3.8, 4) is 0 Å². The second kappa shape index (κ2) is 7.84. The molecule has 0 unspecified atom stereocenters. The van der Waals surface area contributed by atoms with Crippen molar-refractivity contribution in [2.24, 2.45) is 0 Å². The molecule has 0 saturated carbocycles. The van der Waals surface area contributed by atoms with Crippen LogP contribution in [0.1, 0.15) is 15.2 Å². The zero-order chi connectivity index (χ0) is 18.7. The minimum Gasteiger partial charge on any atom is -0.480 e. The van der Waals surface area contributed by atoms with E-state index in [-0.39, 0.29) is 24.9 Å². The number of hydrogen-bond donors (Lipinski definition) is 2. The SMILES string of the molecule is Cc1c(C(=O)N2CCN(CC(=O)NCC(=O)O)CC2)sc2ccccc12. The van der Waals surface area contributed by atoms with Crippen molar-refractivity contribution in [3.63, 3.8) is 0 Å². The summed E-state index contributed by atoms with van der Waals surface area (Å²) in [6.07, 6.45) is 0. The van der Waals surface area contributed by atoms with Crippen molar-refractivity contribution in [1.29, 1.82) is 0 Å². The number of carboxylic acid groups (broad SMARTS) is 1. The highest BCUT2D eigenvalue weighted by Crippen LogP contribution is 2.31. The first-order valence-corrected chi connectivity index (χ1v) is 9.25. The molecule has 3 rings (SSSR count). The van der Waals surface area contributed by atoms with Crippen LogP contribution in [0.25, 0.3) is 10.1 Å². The number of aryl methyl sites for hydroxylation is 1. The predicted molar refractivity (Wildman–Crippen MR) is 99.6 cm³/mol. The number of carbonyl (C=O) groups excluding carboxylic acids is 2. The first-order valence-electron chi connectivity index (χ1n) is 8.44. The van der Waals surface area contributed by atoms with Gasteiger partial charge in [-0.15, -0.1) is 11.3 Å². The Kier molecular flexibility index (Phi) is 5.53. The molecule has 0 atom stereocenters. The number of rotatable bonds is 5. The summed E-state index contributed by atoms with van der Waals surface area (Å²) in [7, 11) is 0. The van der Waals surface area contributed by atoms with Crippen molar-refractivity contribution in [2.75, 3.05) is 39.3 Å². The average Bonchev–Trinajstić information content (AvgIpc) is 2.97. The third-order valence-corrected chi connectivity index (χ3v) is 5.76. The molecule has 26 heavy (non-hydrogen) atoms. The topological polar surface area (TPSA) is 90.0 Å². The molecule has 1 aliphatic rings. The minimum atomic E-state index is -1.06. The van der Waals surface area contributed by atoms with Gasteiger partial charge in [-0.3, -0.25) is 19.3 Å². The molecule has 2 amide bonds. The zero-order valence-corrected chi connectivity index (χ0v) is 15.3. The van der Waals surface area contributed by atoms with Crippen LogP contribution in [0.3, 0.4) is 0 Å².